The summed E-state index contributed by atoms with van der Waals surface area (Å²) in [6, 6.07) is 9.51. The maximum atomic E-state index is 11.9. The van der Waals surface area contributed by atoms with E-state index in [1.54, 1.807) is 12.4 Å². The third-order valence-corrected chi connectivity index (χ3v) is 3.25. The van der Waals surface area contributed by atoms with Crippen molar-refractivity contribution < 1.29 is 4.79 Å². The Morgan fingerprint density at radius 1 is 1.28 bits per heavy atom. The normalized spacial score (nSPS) is 15.6. The van der Waals surface area contributed by atoms with Gasteiger partial charge in [0.05, 0.1) is 0 Å². The number of carbonyl (C=O) groups excluding carboxylic acids is 1. The fourth-order valence-corrected chi connectivity index (χ4v) is 2.29. The lowest BCUT2D eigenvalue weighted by atomic mass is 10.1. The van der Waals surface area contributed by atoms with Crippen molar-refractivity contribution in [1.29, 1.82) is 0 Å². The average molecular weight is 301 g/mol. The van der Waals surface area contributed by atoms with E-state index in [0.717, 1.165) is 21.3 Å². The first-order valence-corrected chi connectivity index (χ1v) is 6.26. The Balaban J connectivity index is 2.12. The van der Waals surface area contributed by atoms with Crippen LogP contribution in [0.15, 0.2) is 47.2 Å². The molecule has 1 aliphatic heterocycles. The van der Waals surface area contributed by atoms with Gasteiger partial charge in [-0.3, -0.25) is 9.78 Å². The molecule has 1 aromatic heterocycles. The highest BCUT2D eigenvalue weighted by Crippen LogP contribution is 2.34. The first-order valence-electron chi connectivity index (χ1n) is 5.47. The van der Waals surface area contributed by atoms with E-state index in [4.69, 9.17) is 0 Å². The summed E-state index contributed by atoms with van der Waals surface area (Å²) in [5, 5.41) is 2.85. The van der Waals surface area contributed by atoms with Gasteiger partial charge in [-0.2, -0.15) is 0 Å². The van der Waals surface area contributed by atoms with Gasteiger partial charge in [0.15, 0.2) is 0 Å². The third kappa shape index (κ3) is 1.95. The van der Waals surface area contributed by atoms with E-state index < -0.39 is 0 Å². The maximum Gasteiger partial charge on any atom is 0.256 e. The molecule has 88 valence electrons. The number of nitrogens with zero attached hydrogens (tertiary/aromatic N) is 1. The topological polar surface area (TPSA) is 42.0 Å². The van der Waals surface area contributed by atoms with Gasteiger partial charge in [0.2, 0.25) is 0 Å². The van der Waals surface area contributed by atoms with Crippen molar-refractivity contribution in [3.63, 3.8) is 0 Å². The van der Waals surface area contributed by atoms with Crippen molar-refractivity contribution >= 4 is 39.2 Å². The second-order valence-electron chi connectivity index (χ2n) is 3.99. The number of fused-ring (bicyclic) bond motifs is 1. The largest absolute Gasteiger partial charge is 0.321 e. The number of pyridine rings is 1. The zero-order chi connectivity index (χ0) is 12.5. The Morgan fingerprint density at radius 3 is 2.94 bits per heavy atom. The molecule has 1 N–H and O–H groups in total. The number of halogens is 1. The number of carbonyl (C=O) groups is 1. The van der Waals surface area contributed by atoms with Crippen LogP contribution in [0.3, 0.4) is 0 Å². The van der Waals surface area contributed by atoms with Crippen molar-refractivity contribution in [1.82, 2.24) is 4.98 Å². The zero-order valence-corrected chi connectivity index (χ0v) is 10.9. The second-order valence-corrected chi connectivity index (χ2v) is 4.90. The van der Waals surface area contributed by atoms with Crippen LogP contribution in [0.1, 0.15) is 11.1 Å². The lowest BCUT2D eigenvalue weighted by Crippen LogP contribution is -2.03. The van der Waals surface area contributed by atoms with Gasteiger partial charge in [-0.1, -0.05) is 22.0 Å². The number of amides is 1. The molecule has 3 nitrogen and oxygen atoms in total. The molecule has 0 fully saturated rings. The van der Waals surface area contributed by atoms with E-state index in [1.165, 1.54) is 0 Å². The molecule has 3 rings (SSSR count). The predicted molar refractivity (Wildman–Crippen MR) is 74.9 cm³/mol. The molecule has 0 radical (unpaired) electrons. The van der Waals surface area contributed by atoms with Crippen LogP contribution in [0.4, 0.5) is 5.69 Å². The van der Waals surface area contributed by atoms with Crippen LogP contribution >= 0.6 is 15.9 Å². The number of anilines is 1. The molecule has 1 amide bonds. The molecule has 0 atom stereocenters. The summed E-state index contributed by atoms with van der Waals surface area (Å²) in [6.45, 7) is 0. The van der Waals surface area contributed by atoms with Crippen LogP contribution in [-0.2, 0) is 4.79 Å². The monoisotopic (exact) mass is 300 g/mol. The van der Waals surface area contributed by atoms with Crippen LogP contribution in [-0.4, -0.2) is 10.9 Å². The van der Waals surface area contributed by atoms with Crippen molar-refractivity contribution in [2.24, 2.45) is 0 Å². The molecular formula is C14H9BrN2O. The fraction of sp³-hybridized carbons (Fsp3) is 0. The molecule has 18 heavy (non-hydrogen) atoms. The van der Waals surface area contributed by atoms with E-state index in [1.807, 2.05) is 36.4 Å². The summed E-state index contributed by atoms with van der Waals surface area (Å²) >= 11 is 3.42. The van der Waals surface area contributed by atoms with Gasteiger partial charge in [-0.05, 0) is 35.9 Å². The van der Waals surface area contributed by atoms with Crippen molar-refractivity contribution in [2.45, 2.75) is 0 Å². The lowest BCUT2D eigenvalue weighted by Gasteiger charge is -1.99. The Hall–Kier alpha value is -1.94. The van der Waals surface area contributed by atoms with Crippen LogP contribution < -0.4 is 5.32 Å². The summed E-state index contributed by atoms with van der Waals surface area (Å²) in [5.41, 5.74) is 3.34. The summed E-state index contributed by atoms with van der Waals surface area (Å²) in [4.78, 5) is 16.0. The highest BCUT2D eigenvalue weighted by atomic mass is 79.9. The van der Waals surface area contributed by atoms with Gasteiger partial charge in [-0.25, -0.2) is 0 Å². The van der Waals surface area contributed by atoms with Gasteiger partial charge >= 0.3 is 0 Å². The number of hydrogen-bond acceptors (Lipinski definition) is 2. The zero-order valence-electron chi connectivity index (χ0n) is 9.35. The predicted octanol–water partition coefficient (Wildman–Crippen LogP) is 3.34. The summed E-state index contributed by atoms with van der Waals surface area (Å²) in [7, 11) is 0. The van der Waals surface area contributed by atoms with E-state index in [9.17, 15) is 4.79 Å². The van der Waals surface area contributed by atoms with Gasteiger partial charge in [0.25, 0.3) is 5.91 Å². The van der Waals surface area contributed by atoms with Gasteiger partial charge < -0.3 is 5.32 Å². The first-order chi connectivity index (χ1) is 8.74. The maximum absolute atomic E-state index is 11.9. The molecule has 0 bridgehead atoms. The van der Waals surface area contributed by atoms with E-state index >= 15 is 0 Å². The van der Waals surface area contributed by atoms with E-state index in [2.05, 4.69) is 26.2 Å². The molecule has 0 unspecified atom stereocenters. The van der Waals surface area contributed by atoms with Crippen molar-refractivity contribution in [2.75, 3.05) is 5.32 Å². The molecule has 2 heterocycles. The highest BCUT2D eigenvalue weighted by Gasteiger charge is 2.23. The molecule has 0 spiro atoms. The van der Waals surface area contributed by atoms with E-state index in [-0.39, 0.29) is 5.91 Å². The van der Waals surface area contributed by atoms with Crippen LogP contribution in [0.5, 0.6) is 0 Å². The summed E-state index contributed by atoms with van der Waals surface area (Å²) in [6.07, 6.45) is 5.29. The molecule has 0 aliphatic carbocycles. The van der Waals surface area contributed by atoms with E-state index in [0.29, 0.717) is 5.57 Å². The minimum absolute atomic E-state index is 0.0769. The smallest absolute Gasteiger partial charge is 0.256 e. The van der Waals surface area contributed by atoms with Crippen molar-refractivity contribution in [3.05, 3.63) is 58.3 Å². The summed E-state index contributed by atoms with van der Waals surface area (Å²) < 4.78 is 0.954. The molecule has 2 aromatic rings. The minimum Gasteiger partial charge on any atom is -0.321 e. The van der Waals surface area contributed by atoms with Gasteiger partial charge in [0.1, 0.15) is 0 Å². The number of hydrogen-bond donors (Lipinski definition) is 1. The van der Waals surface area contributed by atoms with Crippen LogP contribution in [0.25, 0.3) is 11.6 Å². The Morgan fingerprint density at radius 2 is 2.17 bits per heavy atom. The Kier molecular flexibility index (Phi) is 2.72. The SMILES string of the molecule is O=C1Nc2ccc(Br)cc2/C1=C\c1cccnc1. The average Bonchev–Trinajstić information content (AvgIpc) is 2.67. The molecular weight excluding hydrogens is 292 g/mol. The number of nitrogens with one attached hydrogen (secondary N) is 1. The van der Waals surface area contributed by atoms with Crippen LogP contribution in [0, 0.1) is 0 Å². The second kappa shape index (κ2) is 4.38. The third-order valence-electron chi connectivity index (χ3n) is 2.76. The number of aromatic nitrogens is 1. The first kappa shape index (κ1) is 11.2. The molecule has 4 heteroatoms. The van der Waals surface area contributed by atoms with Crippen molar-refractivity contribution in [3.8, 4) is 0 Å². The molecule has 0 saturated heterocycles. The Bertz CT molecular complexity index is 650. The number of rotatable bonds is 1. The standard InChI is InChI=1S/C14H9BrN2O/c15-10-3-4-13-11(7-10)12(14(18)17-13)6-9-2-1-5-16-8-9/h1-8H,(H,17,18)/b12-6+. The molecule has 1 aliphatic rings. The van der Waals surface area contributed by atoms with Crippen LogP contribution in [0.2, 0.25) is 0 Å². The Labute approximate surface area is 113 Å². The lowest BCUT2D eigenvalue weighted by molar-refractivity contribution is -0.110. The van der Waals surface area contributed by atoms with Gasteiger partial charge in [-0.15, -0.1) is 0 Å². The molecule has 0 saturated carbocycles. The summed E-state index contributed by atoms with van der Waals surface area (Å²) in [5.74, 6) is -0.0769. The van der Waals surface area contributed by atoms with Gasteiger partial charge in [0, 0.05) is 33.7 Å². The minimum atomic E-state index is -0.0769. The fourth-order valence-electron chi connectivity index (χ4n) is 1.93. The molecule has 1 aromatic carbocycles. The highest BCUT2D eigenvalue weighted by molar-refractivity contribution is 9.10. The number of benzene rings is 1. The quantitative estimate of drug-likeness (QED) is 0.821.